The van der Waals surface area contributed by atoms with Gasteiger partial charge in [-0.05, 0) is 19.9 Å². The third-order valence-electron chi connectivity index (χ3n) is 2.49. The van der Waals surface area contributed by atoms with Crippen molar-refractivity contribution in [3.8, 4) is 0 Å². The van der Waals surface area contributed by atoms with Gasteiger partial charge in [-0.2, -0.15) is 5.10 Å². The summed E-state index contributed by atoms with van der Waals surface area (Å²) in [5.41, 5.74) is 8.74. The number of aryl methyl sites for hydroxylation is 2. The van der Waals surface area contributed by atoms with Gasteiger partial charge in [0.25, 0.3) is 0 Å². The summed E-state index contributed by atoms with van der Waals surface area (Å²) in [5.74, 6) is 0. The topological polar surface area (TPSA) is 69.6 Å². The predicted octanol–water partition coefficient (Wildman–Crippen LogP) is 1.05. The van der Waals surface area contributed by atoms with Crippen molar-refractivity contribution < 1.29 is 0 Å². The summed E-state index contributed by atoms with van der Waals surface area (Å²) in [6.07, 6.45) is 5.19. The number of aromatic nitrogens is 4. The largest absolute Gasteiger partial charge is 0.318 e. The van der Waals surface area contributed by atoms with Crippen molar-refractivity contribution in [2.45, 2.75) is 26.4 Å². The molecule has 0 spiro atoms. The first kappa shape index (κ1) is 10.8. The SMILES string of the molecule is CCn1nccc1C(N)c1cnc(C)cn1. The highest BCUT2D eigenvalue weighted by atomic mass is 15.3. The molecule has 84 valence electrons. The minimum atomic E-state index is -0.268. The molecule has 0 bridgehead atoms. The van der Waals surface area contributed by atoms with Gasteiger partial charge in [-0.3, -0.25) is 14.6 Å². The van der Waals surface area contributed by atoms with Crippen LogP contribution in [-0.4, -0.2) is 19.7 Å². The molecule has 0 aliphatic heterocycles. The van der Waals surface area contributed by atoms with E-state index in [0.29, 0.717) is 0 Å². The van der Waals surface area contributed by atoms with E-state index in [1.165, 1.54) is 0 Å². The predicted molar refractivity (Wildman–Crippen MR) is 60.7 cm³/mol. The van der Waals surface area contributed by atoms with Crippen LogP contribution in [0.1, 0.15) is 30.0 Å². The maximum atomic E-state index is 6.12. The highest BCUT2D eigenvalue weighted by molar-refractivity contribution is 5.19. The molecule has 0 aliphatic rings. The Hall–Kier alpha value is -1.75. The van der Waals surface area contributed by atoms with Gasteiger partial charge in [-0.25, -0.2) is 0 Å². The molecule has 2 rings (SSSR count). The number of nitrogens with two attached hydrogens (primary N) is 1. The van der Waals surface area contributed by atoms with E-state index in [1.807, 2.05) is 24.6 Å². The maximum absolute atomic E-state index is 6.12. The van der Waals surface area contributed by atoms with E-state index >= 15 is 0 Å². The quantitative estimate of drug-likeness (QED) is 0.834. The lowest BCUT2D eigenvalue weighted by atomic mass is 10.1. The molecule has 5 heteroatoms. The molecule has 0 aliphatic carbocycles. The van der Waals surface area contributed by atoms with Gasteiger partial charge in [0, 0.05) is 18.9 Å². The second-order valence-corrected chi connectivity index (χ2v) is 3.63. The molecule has 1 unspecified atom stereocenters. The van der Waals surface area contributed by atoms with Crippen molar-refractivity contribution in [1.82, 2.24) is 19.7 Å². The summed E-state index contributed by atoms with van der Waals surface area (Å²) < 4.78 is 1.87. The average Bonchev–Trinajstić information content (AvgIpc) is 2.77. The lowest BCUT2D eigenvalue weighted by molar-refractivity contribution is 0.595. The number of nitrogens with zero attached hydrogens (tertiary/aromatic N) is 4. The number of hydrogen-bond donors (Lipinski definition) is 1. The Morgan fingerprint density at radius 1 is 1.38 bits per heavy atom. The maximum Gasteiger partial charge on any atom is 0.0912 e. The van der Waals surface area contributed by atoms with E-state index in [-0.39, 0.29) is 6.04 Å². The zero-order chi connectivity index (χ0) is 11.5. The Kier molecular flexibility index (Phi) is 2.96. The van der Waals surface area contributed by atoms with E-state index in [0.717, 1.165) is 23.6 Å². The Bertz CT molecular complexity index is 459. The van der Waals surface area contributed by atoms with Crippen LogP contribution in [0.4, 0.5) is 0 Å². The molecule has 2 aromatic heterocycles. The summed E-state index contributed by atoms with van der Waals surface area (Å²) in [6, 6.07) is 1.64. The summed E-state index contributed by atoms with van der Waals surface area (Å²) in [4.78, 5) is 8.47. The molecule has 0 radical (unpaired) electrons. The van der Waals surface area contributed by atoms with Gasteiger partial charge < -0.3 is 5.73 Å². The lowest BCUT2D eigenvalue weighted by Crippen LogP contribution is -2.18. The van der Waals surface area contributed by atoms with Gasteiger partial charge in [0.05, 0.1) is 29.3 Å². The van der Waals surface area contributed by atoms with Gasteiger partial charge in [0.15, 0.2) is 0 Å². The smallest absolute Gasteiger partial charge is 0.0912 e. The van der Waals surface area contributed by atoms with Crippen LogP contribution < -0.4 is 5.73 Å². The fourth-order valence-corrected chi connectivity index (χ4v) is 1.59. The van der Waals surface area contributed by atoms with Crippen LogP contribution >= 0.6 is 0 Å². The molecule has 0 amide bonds. The highest BCUT2D eigenvalue weighted by Gasteiger charge is 2.14. The molecular formula is C11H15N5. The van der Waals surface area contributed by atoms with Gasteiger partial charge in [0.2, 0.25) is 0 Å². The van der Waals surface area contributed by atoms with E-state index < -0.39 is 0 Å². The fourth-order valence-electron chi connectivity index (χ4n) is 1.59. The molecule has 0 fully saturated rings. The molecule has 0 aromatic carbocycles. The molecule has 2 heterocycles. The normalized spacial score (nSPS) is 12.7. The Morgan fingerprint density at radius 3 is 2.81 bits per heavy atom. The molecule has 0 saturated carbocycles. The van der Waals surface area contributed by atoms with Crippen molar-refractivity contribution in [3.63, 3.8) is 0 Å². The van der Waals surface area contributed by atoms with Gasteiger partial charge >= 0.3 is 0 Å². The molecule has 2 aromatic rings. The number of rotatable bonds is 3. The minimum Gasteiger partial charge on any atom is -0.318 e. The van der Waals surface area contributed by atoms with Crippen LogP contribution in [0.2, 0.25) is 0 Å². The van der Waals surface area contributed by atoms with Crippen LogP contribution in [0.5, 0.6) is 0 Å². The second kappa shape index (κ2) is 4.40. The lowest BCUT2D eigenvalue weighted by Gasteiger charge is -2.12. The summed E-state index contributed by atoms with van der Waals surface area (Å²) in [6.45, 7) is 4.73. The highest BCUT2D eigenvalue weighted by Crippen LogP contribution is 2.16. The van der Waals surface area contributed by atoms with Crippen LogP contribution in [0, 0.1) is 6.92 Å². The molecule has 0 saturated heterocycles. The van der Waals surface area contributed by atoms with Gasteiger partial charge in [-0.1, -0.05) is 0 Å². The van der Waals surface area contributed by atoms with Crippen molar-refractivity contribution in [2.75, 3.05) is 0 Å². The first-order valence-corrected chi connectivity index (χ1v) is 5.28. The average molecular weight is 217 g/mol. The molecule has 2 N–H and O–H groups in total. The number of hydrogen-bond acceptors (Lipinski definition) is 4. The fraction of sp³-hybridized carbons (Fsp3) is 0.364. The van der Waals surface area contributed by atoms with Crippen molar-refractivity contribution in [1.29, 1.82) is 0 Å². The third-order valence-corrected chi connectivity index (χ3v) is 2.49. The first-order valence-electron chi connectivity index (χ1n) is 5.28. The summed E-state index contributed by atoms with van der Waals surface area (Å²) in [5, 5.41) is 4.19. The first-order chi connectivity index (χ1) is 7.72. The summed E-state index contributed by atoms with van der Waals surface area (Å²) in [7, 11) is 0. The monoisotopic (exact) mass is 217 g/mol. The van der Waals surface area contributed by atoms with Crippen molar-refractivity contribution in [2.24, 2.45) is 5.73 Å². The molecule has 16 heavy (non-hydrogen) atoms. The molecular weight excluding hydrogens is 202 g/mol. The van der Waals surface area contributed by atoms with Gasteiger partial charge in [0.1, 0.15) is 0 Å². The third kappa shape index (κ3) is 1.94. The van der Waals surface area contributed by atoms with Crippen LogP contribution in [-0.2, 0) is 6.54 Å². The van der Waals surface area contributed by atoms with E-state index in [9.17, 15) is 0 Å². The zero-order valence-corrected chi connectivity index (χ0v) is 9.46. The van der Waals surface area contributed by atoms with Crippen LogP contribution in [0.15, 0.2) is 24.7 Å². The van der Waals surface area contributed by atoms with Crippen LogP contribution in [0.3, 0.4) is 0 Å². The standard InChI is InChI=1S/C11H15N5/c1-3-16-10(4-5-15-16)11(12)9-7-13-8(2)6-14-9/h4-7,11H,3,12H2,1-2H3. The van der Waals surface area contributed by atoms with Gasteiger partial charge in [-0.15, -0.1) is 0 Å². The van der Waals surface area contributed by atoms with Crippen molar-refractivity contribution in [3.05, 3.63) is 41.7 Å². The Morgan fingerprint density at radius 2 is 2.19 bits per heavy atom. The molecule has 5 nitrogen and oxygen atoms in total. The molecule has 1 atom stereocenters. The summed E-state index contributed by atoms with van der Waals surface area (Å²) >= 11 is 0. The second-order valence-electron chi connectivity index (χ2n) is 3.63. The minimum absolute atomic E-state index is 0.268. The van der Waals surface area contributed by atoms with Crippen molar-refractivity contribution >= 4 is 0 Å². The van der Waals surface area contributed by atoms with Crippen LogP contribution in [0.25, 0.3) is 0 Å². The van der Waals surface area contributed by atoms with E-state index in [2.05, 4.69) is 15.1 Å². The Labute approximate surface area is 94.3 Å². The van der Waals surface area contributed by atoms with E-state index in [1.54, 1.807) is 18.6 Å². The zero-order valence-electron chi connectivity index (χ0n) is 9.46. The van der Waals surface area contributed by atoms with E-state index in [4.69, 9.17) is 5.73 Å². The Balaban J connectivity index is 2.31.